The summed E-state index contributed by atoms with van der Waals surface area (Å²) < 4.78 is 18.3. The van der Waals surface area contributed by atoms with Crippen molar-refractivity contribution in [2.45, 2.75) is 31.9 Å². The fourth-order valence-electron chi connectivity index (χ4n) is 2.31. The summed E-state index contributed by atoms with van der Waals surface area (Å²) in [7, 11) is 1.64. The first kappa shape index (κ1) is 11.6. The van der Waals surface area contributed by atoms with Gasteiger partial charge in [0.1, 0.15) is 5.82 Å². The molecule has 0 aliphatic carbocycles. The Morgan fingerprint density at radius 2 is 2.31 bits per heavy atom. The Bertz CT molecular complexity index is 348. The highest BCUT2D eigenvalue weighted by molar-refractivity contribution is 5.30. The van der Waals surface area contributed by atoms with E-state index in [2.05, 4.69) is 5.32 Å². The van der Waals surface area contributed by atoms with E-state index in [-0.39, 0.29) is 5.82 Å². The molecular weight excluding hydrogens is 205 g/mol. The van der Waals surface area contributed by atoms with E-state index in [1.807, 2.05) is 6.07 Å². The third-order valence-corrected chi connectivity index (χ3v) is 3.09. The smallest absolute Gasteiger partial charge is 0.123 e. The third kappa shape index (κ3) is 2.60. The predicted octanol–water partition coefficient (Wildman–Crippen LogP) is 2.79. The number of benzene rings is 1. The number of rotatable bonds is 3. The molecule has 2 nitrogen and oxygen atoms in total. The number of methoxy groups -OCH3 is 1. The standard InChI is InChI=1S/C13H18FNO/c1-16-9-10-8-11(14)5-6-12(10)13-4-2-3-7-15-13/h5-6,8,13,15H,2-4,7,9H2,1H3. The Morgan fingerprint density at radius 3 is 3.00 bits per heavy atom. The zero-order chi connectivity index (χ0) is 11.4. The molecule has 0 spiro atoms. The Kier molecular flexibility index (Phi) is 3.91. The topological polar surface area (TPSA) is 21.3 Å². The molecule has 0 bridgehead atoms. The van der Waals surface area contributed by atoms with Crippen LogP contribution in [0.3, 0.4) is 0 Å². The van der Waals surface area contributed by atoms with Crippen LogP contribution in [0.2, 0.25) is 0 Å². The maximum atomic E-state index is 13.2. The molecule has 1 aliphatic rings. The van der Waals surface area contributed by atoms with Crippen LogP contribution >= 0.6 is 0 Å². The highest BCUT2D eigenvalue weighted by Gasteiger charge is 2.17. The minimum Gasteiger partial charge on any atom is -0.380 e. The van der Waals surface area contributed by atoms with Gasteiger partial charge >= 0.3 is 0 Å². The highest BCUT2D eigenvalue weighted by Crippen LogP contribution is 2.26. The molecule has 3 heteroatoms. The van der Waals surface area contributed by atoms with E-state index in [4.69, 9.17) is 4.74 Å². The number of piperidine rings is 1. The van der Waals surface area contributed by atoms with E-state index in [9.17, 15) is 4.39 Å². The summed E-state index contributed by atoms with van der Waals surface area (Å²) in [6.07, 6.45) is 3.60. The number of nitrogens with one attached hydrogen (secondary N) is 1. The van der Waals surface area contributed by atoms with Crippen molar-refractivity contribution in [3.8, 4) is 0 Å². The zero-order valence-corrected chi connectivity index (χ0v) is 9.63. The maximum absolute atomic E-state index is 13.2. The largest absolute Gasteiger partial charge is 0.380 e. The lowest BCUT2D eigenvalue weighted by Crippen LogP contribution is -2.27. The van der Waals surface area contributed by atoms with Gasteiger partial charge in [-0.25, -0.2) is 4.39 Å². The molecule has 1 heterocycles. The summed E-state index contributed by atoms with van der Waals surface area (Å²) in [4.78, 5) is 0. The van der Waals surface area contributed by atoms with Crippen molar-refractivity contribution in [1.82, 2.24) is 5.32 Å². The van der Waals surface area contributed by atoms with Crippen LogP contribution < -0.4 is 5.32 Å². The average molecular weight is 223 g/mol. The quantitative estimate of drug-likeness (QED) is 0.850. The first-order chi connectivity index (χ1) is 7.81. The lowest BCUT2D eigenvalue weighted by molar-refractivity contribution is 0.182. The molecule has 0 amide bonds. The molecule has 1 saturated heterocycles. The van der Waals surface area contributed by atoms with Crippen molar-refractivity contribution in [2.75, 3.05) is 13.7 Å². The van der Waals surface area contributed by atoms with E-state index in [1.54, 1.807) is 13.2 Å². The molecule has 1 atom stereocenters. The molecule has 1 aliphatic heterocycles. The second-order valence-electron chi connectivity index (χ2n) is 4.28. The minimum atomic E-state index is -0.188. The number of hydrogen-bond acceptors (Lipinski definition) is 2. The Morgan fingerprint density at radius 1 is 1.44 bits per heavy atom. The van der Waals surface area contributed by atoms with Crippen LogP contribution in [0.4, 0.5) is 4.39 Å². The first-order valence-electron chi connectivity index (χ1n) is 5.82. The SMILES string of the molecule is COCc1cc(F)ccc1C1CCCCN1. The summed E-state index contributed by atoms with van der Waals surface area (Å²) in [5.41, 5.74) is 2.14. The molecule has 1 fully saturated rings. The zero-order valence-electron chi connectivity index (χ0n) is 9.63. The fourth-order valence-corrected chi connectivity index (χ4v) is 2.31. The van der Waals surface area contributed by atoms with Crippen molar-refractivity contribution in [2.24, 2.45) is 0 Å². The molecule has 1 aromatic carbocycles. The number of ether oxygens (including phenoxy) is 1. The number of hydrogen-bond donors (Lipinski definition) is 1. The van der Waals surface area contributed by atoms with Crippen molar-refractivity contribution in [1.29, 1.82) is 0 Å². The molecule has 88 valence electrons. The van der Waals surface area contributed by atoms with E-state index in [0.29, 0.717) is 12.6 Å². The van der Waals surface area contributed by atoms with Gasteiger partial charge in [-0.1, -0.05) is 12.5 Å². The highest BCUT2D eigenvalue weighted by atomic mass is 19.1. The summed E-state index contributed by atoms with van der Waals surface area (Å²) in [5.74, 6) is -0.188. The average Bonchev–Trinajstić information content (AvgIpc) is 2.31. The predicted molar refractivity (Wildman–Crippen MR) is 61.7 cm³/mol. The molecule has 1 aromatic rings. The summed E-state index contributed by atoms with van der Waals surface area (Å²) in [6, 6.07) is 5.35. The first-order valence-corrected chi connectivity index (χ1v) is 5.82. The van der Waals surface area contributed by atoms with E-state index < -0.39 is 0 Å². The van der Waals surface area contributed by atoms with Gasteiger partial charge in [-0.15, -0.1) is 0 Å². The van der Waals surface area contributed by atoms with Crippen molar-refractivity contribution < 1.29 is 9.13 Å². The van der Waals surface area contributed by atoms with E-state index in [0.717, 1.165) is 18.5 Å². The van der Waals surface area contributed by atoms with Crippen LogP contribution in [0.25, 0.3) is 0 Å². The van der Waals surface area contributed by atoms with Gasteiger partial charge in [0.15, 0.2) is 0 Å². The van der Waals surface area contributed by atoms with Gasteiger partial charge in [0.2, 0.25) is 0 Å². The molecule has 0 saturated carbocycles. The molecule has 0 radical (unpaired) electrons. The van der Waals surface area contributed by atoms with Gasteiger partial charge in [-0.3, -0.25) is 0 Å². The lowest BCUT2D eigenvalue weighted by Gasteiger charge is -2.25. The Labute approximate surface area is 95.8 Å². The van der Waals surface area contributed by atoms with Crippen molar-refractivity contribution in [3.63, 3.8) is 0 Å². The fraction of sp³-hybridized carbons (Fsp3) is 0.538. The van der Waals surface area contributed by atoms with Crippen LogP contribution in [-0.4, -0.2) is 13.7 Å². The number of halogens is 1. The monoisotopic (exact) mass is 223 g/mol. The Balaban J connectivity index is 2.23. The molecule has 1 N–H and O–H groups in total. The van der Waals surface area contributed by atoms with Crippen molar-refractivity contribution in [3.05, 3.63) is 35.1 Å². The van der Waals surface area contributed by atoms with Gasteiger partial charge in [0.05, 0.1) is 6.61 Å². The summed E-state index contributed by atoms with van der Waals surface area (Å²) >= 11 is 0. The molecule has 2 rings (SSSR count). The minimum absolute atomic E-state index is 0.188. The second-order valence-corrected chi connectivity index (χ2v) is 4.28. The second kappa shape index (κ2) is 5.41. The van der Waals surface area contributed by atoms with Crippen molar-refractivity contribution >= 4 is 0 Å². The van der Waals surface area contributed by atoms with Crippen LogP contribution in [0.15, 0.2) is 18.2 Å². The van der Waals surface area contributed by atoms with E-state index in [1.165, 1.54) is 24.5 Å². The van der Waals surface area contributed by atoms with Gasteiger partial charge in [-0.2, -0.15) is 0 Å². The van der Waals surface area contributed by atoms with Crippen LogP contribution in [-0.2, 0) is 11.3 Å². The van der Waals surface area contributed by atoms with Gasteiger partial charge in [0, 0.05) is 13.2 Å². The summed E-state index contributed by atoms with van der Waals surface area (Å²) in [5, 5.41) is 3.48. The summed E-state index contributed by atoms with van der Waals surface area (Å²) in [6.45, 7) is 1.53. The van der Waals surface area contributed by atoms with Gasteiger partial charge < -0.3 is 10.1 Å². The molecular formula is C13H18FNO. The van der Waals surface area contributed by atoms with Crippen LogP contribution in [0, 0.1) is 5.82 Å². The molecule has 0 aromatic heterocycles. The molecule has 16 heavy (non-hydrogen) atoms. The molecule has 1 unspecified atom stereocenters. The normalized spacial score (nSPS) is 21.0. The van der Waals surface area contributed by atoms with Crippen LogP contribution in [0.5, 0.6) is 0 Å². The Hall–Kier alpha value is -0.930. The maximum Gasteiger partial charge on any atom is 0.123 e. The van der Waals surface area contributed by atoms with Gasteiger partial charge in [0.25, 0.3) is 0 Å². The lowest BCUT2D eigenvalue weighted by atomic mass is 9.94. The van der Waals surface area contributed by atoms with Crippen LogP contribution in [0.1, 0.15) is 36.4 Å². The van der Waals surface area contributed by atoms with Gasteiger partial charge in [-0.05, 0) is 42.6 Å². The van der Waals surface area contributed by atoms with E-state index >= 15 is 0 Å². The third-order valence-electron chi connectivity index (χ3n) is 3.09.